The number of amidine groups is 1. The summed E-state index contributed by atoms with van der Waals surface area (Å²) in [4.78, 5) is 0. The molecule has 0 radical (unpaired) electrons. The van der Waals surface area contributed by atoms with E-state index in [9.17, 15) is 0 Å². The van der Waals surface area contributed by atoms with E-state index in [4.69, 9.17) is 5.73 Å². The van der Waals surface area contributed by atoms with Gasteiger partial charge in [0.25, 0.3) is 0 Å². The van der Waals surface area contributed by atoms with E-state index in [0.717, 1.165) is 18.7 Å². The number of nitrogens with zero attached hydrogens (tertiary/aromatic N) is 1. The molecule has 1 aliphatic rings. The Kier molecular flexibility index (Phi) is 2.85. The molecule has 2 N–H and O–H groups in total. The zero-order valence-corrected chi connectivity index (χ0v) is 10.3. The standard InChI is InChI=1S/C16H16N2/c17-16-12-11-15(13-7-3-1-4-8-13)18(16)14-9-5-2-6-10-14/h1-10,15,17H,11-12H2/p+1. The lowest BCUT2D eigenvalue weighted by atomic mass is 10.0. The molecule has 0 fully saturated rings. The van der Waals surface area contributed by atoms with E-state index >= 15 is 0 Å². The first kappa shape index (κ1) is 11.0. The third-order valence-electron chi connectivity index (χ3n) is 3.51. The molecule has 0 aromatic heterocycles. The number of rotatable bonds is 2. The average molecular weight is 237 g/mol. The van der Waals surface area contributed by atoms with Crippen molar-refractivity contribution in [2.75, 3.05) is 0 Å². The molecule has 18 heavy (non-hydrogen) atoms. The number of nitrogens with two attached hydrogens (primary N) is 1. The molecule has 1 heterocycles. The summed E-state index contributed by atoms with van der Waals surface area (Å²) in [5.74, 6) is 0.968. The van der Waals surface area contributed by atoms with Crippen LogP contribution in [-0.4, -0.2) is 10.4 Å². The summed E-state index contributed by atoms with van der Waals surface area (Å²) in [7, 11) is 0. The van der Waals surface area contributed by atoms with Crippen LogP contribution in [0.4, 0.5) is 5.69 Å². The SMILES string of the molecule is NC1=[N+](c2ccccc2)C(c2ccccc2)CC1. The largest absolute Gasteiger partial charge is 0.291 e. The van der Waals surface area contributed by atoms with Crippen LogP contribution in [0.1, 0.15) is 24.4 Å². The van der Waals surface area contributed by atoms with E-state index in [1.54, 1.807) is 0 Å². The van der Waals surface area contributed by atoms with Gasteiger partial charge in [-0.1, -0.05) is 48.5 Å². The predicted molar refractivity (Wildman–Crippen MR) is 74.0 cm³/mol. The summed E-state index contributed by atoms with van der Waals surface area (Å²) in [5.41, 5.74) is 8.70. The van der Waals surface area contributed by atoms with E-state index in [2.05, 4.69) is 59.2 Å². The van der Waals surface area contributed by atoms with Gasteiger partial charge in [0.15, 0.2) is 0 Å². The van der Waals surface area contributed by atoms with Crippen LogP contribution in [-0.2, 0) is 0 Å². The number of hydrogen-bond donors (Lipinski definition) is 1. The van der Waals surface area contributed by atoms with E-state index in [1.165, 1.54) is 11.3 Å². The van der Waals surface area contributed by atoms with Crippen molar-refractivity contribution in [1.29, 1.82) is 0 Å². The maximum atomic E-state index is 6.18. The fourth-order valence-corrected chi connectivity index (χ4v) is 2.66. The molecule has 2 heteroatoms. The molecule has 2 nitrogen and oxygen atoms in total. The molecular weight excluding hydrogens is 220 g/mol. The minimum Gasteiger partial charge on any atom is -0.291 e. The van der Waals surface area contributed by atoms with Gasteiger partial charge in [-0.3, -0.25) is 5.73 Å². The van der Waals surface area contributed by atoms with Crippen molar-refractivity contribution in [3.8, 4) is 0 Å². The molecule has 0 aliphatic carbocycles. The smallest absolute Gasteiger partial charge is 0.248 e. The number of hydrogen-bond acceptors (Lipinski definition) is 1. The Hall–Kier alpha value is -2.09. The molecule has 0 saturated heterocycles. The predicted octanol–water partition coefficient (Wildman–Crippen LogP) is 3.22. The lowest BCUT2D eigenvalue weighted by Gasteiger charge is -2.14. The molecule has 0 amide bonds. The normalized spacial score (nSPS) is 19.2. The molecule has 3 rings (SSSR count). The van der Waals surface area contributed by atoms with Crippen LogP contribution >= 0.6 is 0 Å². The van der Waals surface area contributed by atoms with Crippen molar-refractivity contribution in [3.05, 3.63) is 66.2 Å². The quantitative estimate of drug-likeness (QED) is 0.798. The molecule has 0 saturated carbocycles. The summed E-state index contributed by atoms with van der Waals surface area (Å²) >= 11 is 0. The van der Waals surface area contributed by atoms with E-state index in [-0.39, 0.29) is 0 Å². The highest BCUT2D eigenvalue weighted by molar-refractivity contribution is 5.77. The third kappa shape index (κ3) is 1.90. The minimum atomic E-state index is 0.369. The van der Waals surface area contributed by atoms with Crippen molar-refractivity contribution in [2.24, 2.45) is 5.73 Å². The van der Waals surface area contributed by atoms with Crippen molar-refractivity contribution in [3.63, 3.8) is 0 Å². The van der Waals surface area contributed by atoms with E-state index in [1.807, 2.05) is 6.07 Å². The van der Waals surface area contributed by atoms with Gasteiger partial charge in [-0.15, -0.1) is 0 Å². The first-order chi connectivity index (χ1) is 8.86. The topological polar surface area (TPSA) is 29.0 Å². The molecule has 1 aliphatic heterocycles. The van der Waals surface area contributed by atoms with Crippen LogP contribution in [0.2, 0.25) is 0 Å². The molecule has 1 atom stereocenters. The van der Waals surface area contributed by atoms with Gasteiger partial charge in [-0.05, 0) is 17.7 Å². The van der Waals surface area contributed by atoms with E-state index in [0.29, 0.717) is 6.04 Å². The highest BCUT2D eigenvalue weighted by Crippen LogP contribution is 2.33. The van der Waals surface area contributed by atoms with Gasteiger partial charge in [0.1, 0.15) is 11.7 Å². The van der Waals surface area contributed by atoms with Gasteiger partial charge < -0.3 is 0 Å². The monoisotopic (exact) mass is 237 g/mol. The zero-order chi connectivity index (χ0) is 12.4. The second-order valence-corrected chi connectivity index (χ2v) is 4.66. The average Bonchev–Trinajstić information content (AvgIpc) is 2.83. The van der Waals surface area contributed by atoms with Gasteiger partial charge in [-0.2, -0.15) is 0 Å². The molecule has 2 aromatic rings. The molecule has 0 bridgehead atoms. The van der Waals surface area contributed by atoms with Crippen molar-refractivity contribution in [2.45, 2.75) is 18.9 Å². The summed E-state index contributed by atoms with van der Waals surface area (Å²) < 4.78 is 2.26. The van der Waals surface area contributed by atoms with E-state index < -0.39 is 0 Å². The Morgan fingerprint density at radius 1 is 0.889 bits per heavy atom. The Bertz CT molecular complexity index is 558. The second-order valence-electron chi connectivity index (χ2n) is 4.66. The molecular formula is C16H17N2+. The zero-order valence-electron chi connectivity index (χ0n) is 10.3. The summed E-state index contributed by atoms with van der Waals surface area (Å²) in [6.07, 6.45) is 2.05. The maximum Gasteiger partial charge on any atom is 0.248 e. The highest BCUT2D eigenvalue weighted by atomic mass is 15.1. The lowest BCUT2D eigenvalue weighted by molar-refractivity contribution is -0.483. The Morgan fingerprint density at radius 2 is 1.50 bits per heavy atom. The van der Waals surface area contributed by atoms with Crippen molar-refractivity contribution in [1.82, 2.24) is 0 Å². The maximum absolute atomic E-state index is 6.18. The Balaban J connectivity index is 2.03. The van der Waals surface area contributed by atoms with Gasteiger partial charge in [-0.25, -0.2) is 4.58 Å². The number of benzene rings is 2. The Labute approximate surface area is 107 Å². The first-order valence-corrected chi connectivity index (χ1v) is 6.37. The second kappa shape index (κ2) is 4.65. The summed E-state index contributed by atoms with van der Waals surface area (Å²) in [5, 5.41) is 0. The summed E-state index contributed by atoms with van der Waals surface area (Å²) in [6, 6.07) is 21.4. The number of para-hydroxylation sites is 1. The lowest BCUT2D eigenvalue weighted by Crippen LogP contribution is -2.20. The summed E-state index contributed by atoms with van der Waals surface area (Å²) in [6.45, 7) is 0. The van der Waals surface area contributed by atoms with Gasteiger partial charge in [0.2, 0.25) is 5.84 Å². The van der Waals surface area contributed by atoms with Crippen LogP contribution in [0.15, 0.2) is 60.7 Å². The Morgan fingerprint density at radius 3 is 2.17 bits per heavy atom. The van der Waals surface area contributed by atoms with Crippen LogP contribution in [0.5, 0.6) is 0 Å². The van der Waals surface area contributed by atoms with Crippen LogP contribution < -0.4 is 5.73 Å². The van der Waals surface area contributed by atoms with Crippen molar-refractivity contribution < 1.29 is 4.58 Å². The van der Waals surface area contributed by atoms with Crippen LogP contribution in [0.25, 0.3) is 0 Å². The first-order valence-electron chi connectivity index (χ1n) is 6.37. The van der Waals surface area contributed by atoms with Crippen molar-refractivity contribution >= 4 is 11.5 Å². The van der Waals surface area contributed by atoms with Crippen LogP contribution in [0, 0.1) is 0 Å². The molecule has 2 aromatic carbocycles. The fourth-order valence-electron chi connectivity index (χ4n) is 2.66. The highest BCUT2D eigenvalue weighted by Gasteiger charge is 2.30. The van der Waals surface area contributed by atoms with Gasteiger partial charge in [0.05, 0.1) is 6.42 Å². The minimum absolute atomic E-state index is 0.369. The molecule has 90 valence electrons. The van der Waals surface area contributed by atoms with Gasteiger partial charge in [0, 0.05) is 6.42 Å². The molecule has 0 spiro atoms. The molecule has 1 unspecified atom stereocenters. The van der Waals surface area contributed by atoms with Crippen LogP contribution in [0.3, 0.4) is 0 Å². The third-order valence-corrected chi connectivity index (χ3v) is 3.51. The van der Waals surface area contributed by atoms with Gasteiger partial charge >= 0.3 is 0 Å². The fraction of sp³-hybridized carbons (Fsp3) is 0.188.